The van der Waals surface area contributed by atoms with E-state index in [2.05, 4.69) is 22.9 Å². The first-order chi connectivity index (χ1) is 11.2. The Morgan fingerprint density at radius 1 is 1.39 bits per heavy atom. The summed E-state index contributed by atoms with van der Waals surface area (Å²) in [6.07, 6.45) is 5.18. The van der Waals surface area contributed by atoms with Crippen LogP contribution < -0.4 is 0 Å². The van der Waals surface area contributed by atoms with Crippen LogP contribution in [-0.4, -0.2) is 65.6 Å². The minimum Gasteiger partial charge on any atom is -0.381 e. The summed E-state index contributed by atoms with van der Waals surface area (Å²) < 4.78 is 5.43. The van der Waals surface area contributed by atoms with Gasteiger partial charge in [0.1, 0.15) is 6.07 Å². The van der Waals surface area contributed by atoms with Crippen LogP contribution in [0, 0.1) is 11.3 Å². The van der Waals surface area contributed by atoms with E-state index < -0.39 is 0 Å². The molecule has 3 heterocycles. The molecular formula is C17H22N4O2. The smallest absolute Gasteiger partial charge is 0.257 e. The Hall–Kier alpha value is -1.97. The SMILES string of the molecule is C[C@@H]1CN(C2CCOCC2)CCN1C(=O)c1cnccc1C#N. The molecule has 0 saturated carbocycles. The zero-order valence-electron chi connectivity index (χ0n) is 13.4. The minimum atomic E-state index is -0.0891. The van der Waals surface area contributed by atoms with Crippen LogP contribution in [0.3, 0.4) is 0 Å². The van der Waals surface area contributed by atoms with Gasteiger partial charge in [-0.2, -0.15) is 5.26 Å². The number of piperazine rings is 1. The standard InChI is InChI=1S/C17H22N4O2/c1-13-12-20(15-3-8-23-9-4-15)6-7-21(13)17(22)16-11-19-5-2-14(16)10-18/h2,5,11,13,15H,3-4,6-9,12H2,1H3/t13-/m1/s1. The van der Waals surface area contributed by atoms with E-state index in [-0.39, 0.29) is 11.9 Å². The first-order valence-electron chi connectivity index (χ1n) is 8.17. The molecule has 0 radical (unpaired) electrons. The molecule has 6 nitrogen and oxygen atoms in total. The Morgan fingerprint density at radius 3 is 2.87 bits per heavy atom. The predicted molar refractivity (Wildman–Crippen MR) is 84.9 cm³/mol. The van der Waals surface area contributed by atoms with Crippen molar-refractivity contribution >= 4 is 5.91 Å². The number of pyridine rings is 1. The summed E-state index contributed by atoms with van der Waals surface area (Å²) in [4.78, 5) is 21.1. The maximum Gasteiger partial charge on any atom is 0.257 e. The second kappa shape index (κ2) is 7.07. The molecule has 0 unspecified atom stereocenters. The van der Waals surface area contributed by atoms with Crippen LogP contribution in [0.2, 0.25) is 0 Å². The molecule has 2 saturated heterocycles. The molecule has 3 rings (SSSR count). The van der Waals surface area contributed by atoms with Gasteiger partial charge in [0.25, 0.3) is 5.91 Å². The number of nitriles is 1. The molecule has 2 fully saturated rings. The molecule has 2 aliphatic heterocycles. The van der Waals surface area contributed by atoms with Crippen molar-refractivity contribution in [3.05, 3.63) is 29.6 Å². The van der Waals surface area contributed by atoms with Gasteiger partial charge in [0.15, 0.2) is 0 Å². The van der Waals surface area contributed by atoms with Gasteiger partial charge in [0, 0.05) is 57.3 Å². The van der Waals surface area contributed by atoms with Crippen LogP contribution >= 0.6 is 0 Å². The minimum absolute atomic E-state index is 0.0891. The first-order valence-corrected chi connectivity index (χ1v) is 8.17. The maximum absolute atomic E-state index is 12.8. The average Bonchev–Trinajstić information content (AvgIpc) is 2.61. The van der Waals surface area contributed by atoms with Crippen molar-refractivity contribution in [1.82, 2.24) is 14.8 Å². The van der Waals surface area contributed by atoms with Gasteiger partial charge in [-0.3, -0.25) is 14.7 Å². The zero-order chi connectivity index (χ0) is 16.2. The fourth-order valence-electron chi connectivity index (χ4n) is 3.49. The molecule has 23 heavy (non-hydrogen) atoms. The fraction of sp³-hybridized carbons (Fsp3) is 0.588. The normalized spacial score (nSPS) is 23.5. The number of aromatic nitrogens is 1. The number of carbonyl (C=O) groups excluding carboxylic acids is 1. The van der Waals surface area contributed by atoms with E-state index in [0.717, 1.165) is 39.1 Å². The van der Waals surface area contributed by atoms with Gasteiger partial charge in [0.05, 0.1) is 11.1 Å². The van der Waals surface area contributed by atoms with Gasteiger partial charge in [-0.15, -0.1) is 0 Å². The third-order valence-corrected chi connectivity index (χ3v) is 4.80. The third kappa shape index (κ3) is 3.36. The van der Waals surface area contributed by atoms with E-state index in [1.807, 2.05) is 4.90 Å². The second-order valence-electron chi connectivity index (χ2n) is 6.22. The molecule has 1 atom stereocenters. The second-order valence-corrected chi connectivity index (χ2v) is 6.22. The molecule has 0 bridgehead atoms. The highest BCUT2D eigenvalue weighted by Crippen LogP contribution is 2.21. The van der Waals surface area contributed by atoms with E-state index in [1.54, 1.807) is 12.3 Å². The van der Waals surface area contributed by atoms with Crippen molar-refractivity contribution in [2.45, 2.75) is 31.8 Å². The molecular weight excluding hydrogens is 292 g/mol. The highest BCUT2D eigenvalue weighted by atomic mass is 16.5. The summed E-state index contributed by atoms with van der Waals surface area (Å²) in [5.74, 6) is -0.0891. The van der Waals surface area contributed by atoms with E-state index in [4.69, 9.17) is 4.74 Å². The van der Waals surface area contributed by atoms with Gasteiger partial charge in [0.2, 0.25) is 0 Å². The molecule has 1 aromatic heterocycles. The van der Waals surface area contributed by atoms with Crippen molar-refractivity contribution in [3.63, 3.8) is 0 Å². The summed E-state index contributed by atoms with van der Waals surface area (Å²) in [5.41, 5.74) is 0.797. The van der Waals surface area contributed by atoms with Crippen molar-refractivity contribution in [3.8, 4) is 6.07 Å². The van der Waals surface area contributed by atoms with Crippen LogP contribution in [0.25, 0.3) is 0 Å². The first kappa shape index (κ1) is 15.9. The monoisotopic (exact) mass is 314 g/mol. The van der Waals surface area contributed by atoms with Gasteiger partial charge < -0.3 is 9.64 Å². The van der Waals surface area contributed by atoms with E-state index in [9.17, 15) is 10.1 Å². The van der Waals surface area contributed by atoms with E-state index in [0.29, 0.717) is 23.7 Å². The zero-order valence-corrected chi connectivity index (χ0v) is 13.4. The number of rotatable bonds is 2. The van der Waals surface area contributed by atoms with Crippen LogP contribution in [-0.2, 0) is 4.74 Å². The van der Waals surface area contributed by atoms with Crippen molar-refractivity contribution < 1.29 is 9.53 Å². The fourth-order valence-corrected chi connectivity index (χ4v) is 3.49. The average molecular weight is 314 g/mol. The summed E-state index contributed by atoms with van der Waals surface area (Å²) in [5, 5.41) is 9.18. The van der Waals surface area contributed by atoms with Gasteiger partial charge in [-0.05, 0) is 25.8 Å². The van der Waals surface area contributed by atoms with Crippen LogP contribution in [0.15, 0.2) is 18.5 Å². The number of hydrogen-bond acceptors (Lipinski definition) is 5. The molecule has 6 heteroatoms. The number of nitrogens with zero attached hydrogens (tertiary/aromatic N) is 4. The Labute approximate surface area is 136 Å². The largest absolute Gasteiger partial charge is 0.381 e. The lowest BCUT2D eigenvalue weighted by molar-refractivity contribution is 0.000692. The quantitative estimate of drug-likeness (QED) is 0.822. The molecule has 0 aliphatic carbocycles. The summed E-state index contributed by atoms with van der Waals surface area (Å²) >= 11 is 0. The third-order valence-electron chi connectivity index (χ3n) is 4.80. The lowest BCUT2D eigenvalue weighted by atomic mass is 10.0. The molecule has 122 valence electrons. The van der Waals surface area contributed by atoms with Crippen LogP contribution in [0.5, 0.6) is 0 Å². The van der Waals surface area contributed by atoms with Gasteiger partial charge in [-0.1, -0.05) is 0 Å². The van der Waals surface area contributed by atoms with Crippen molar-refractivity contribution in [2.24, 2.45) is 0 Å². The maximum atomic E-state index is 12.8. The molecule has 0 aromatic carbocycles. The summed E-state index contributed by atoms with van der Waals surface area (Å²) in [6, 6.07) is 4.37. The molecule has 0 spiro atoms. The van der Waals surface area contributed by atoms with Gasteiger partial charge in [-0.25, -0.2) is 0 Å². The topological polar surface area (TPSA) is 69.5 Å². The van der Waals surface area contributed by atoms with Crippen molar-refractivity contribution in [1.29, 1.82) is 5.26 Å². The van der Waals surface area contributed by atoms with Crippen LogP contribution in [0.4, 0.5) is 0 Å². The molecule has 1 aromatic rings. The number of carbonyl (C=O) groups is 1. The highest BCUT2D eigenvalue weighted by molar-refractivity contribution is 5.96. The molecule has 1 amide bonds. The van der Waals surface area contributed by atoms with Gasteiger partial charge >= 0.3 is 0 Å². The molecule has 0 N–H and O–H groups in total. The Morgan fingerprint density at radius 2 is 2.17 bits per heavy atom. The Bertz CT molecular complexity index is 607. The van der Waals surface area contributed by atoms with Crippen LogP contribution in [0.1, 0.15) is 35.7 Å². The van der Waals surface area contributed by atoms with E-state index >= 15 is 0 Å². The van der Waals surface area contributed by atoms with E-state index in [1.165, 1.54) is 6.20 Å². The highest BCUT2D eigenvalue weighted by Gasteiger charge is 2.32. The number of hydrogen-bond donors (Lipinski definition) is 0. The predicted octanol–water partition coefficient (Wildman–Crippen LogP) is 1.28. The lowest BCUT2D eigenvalue weighted by Gasteiger charge is -2.44. The molecule has 2 aliphatic rings. The number of amides is 1. The Balaban J connectivity index is 1.68. The summed E-state index contributed by atoms with van der Waals surface area (Å²) in [6.45, 7) is 6.18. The van der Waals surface area contributed by atoms with Crippen molar-refractivity contribution in [2.75, 3.05) is 32.8 Å². The number of ether oxygens (including phenoxy) is 1. The Kier molecular flexibility index (Phi) is 4.89. The summed E-state index contributed by atoms with van der Waals surface area (Å²) in [7, 11) is 0. The lowest BCUT2D eigenvalue weighted by Crippen LogP contribution is -2.57.